The first-order chi connectivity index (χ1) is 14.0. The molecule has 7 nitrogen and oxygen atoms in total. The fourth-order valence-corrected chi connectivity index (χ4v) is 2.72. The SMILES string of the molecule is COc1ccc(NC(=O)C(C)OC(=O)c2ccc(-n3cccc3)cc2)cc1OC. The highest BCUT2D eigenvalue weighted by Crippen LogP contribution is 2.29. The molecule has 29 heavy (non-hydrogen) atoms. The average molecular weight is 394 g/mol. The molecule has 3 rings (SSSR count). The number of benzene rings is 2. The molecule has 1 N–H and O–H groups in total. The maximum atomic E-state index is 12.4. The number of nitrogens with zero attached hydrogens (tertiary/aromatic N) is 1. The Morgan fingerprint density at radius 2 is 1.59 bits per heavy atom. The molecule has 1 amide bonds. The predicted molar refractivity (Wildman–Crippen MR) is 109 cm³/mol. The molecule has 1 heterocycles. The molecular weight excluding hydrogens is 372 g/mol. The molecule has 0 fully saturated rings. The highest BCUT2D eigenvalue weighted by Gasteiger charge is 2.19. The van der Waals surface area contributed by atoms with E-state index in [-0.39, 0.29) is 0 Å². The summed E-state index contributed by atoms with van der Waals surface area (Å²) in [6, 6.07) is 15.8. The molecule has 1 aromatic heterocycles. The van der Waals surface area contributed by atoms with Gasteiger partial charge in [0, 0.05) is 29.8 Å². The number of amides is 1. The van der Waals surface area contributed by atoms with Gasteiger partial charge in [0.25, 0.3) is 5.91 Å². The Labute approximate surface area is 168 Å². The normalized spacial score (nSPS) is 11.4. The summed E-state index contributed by atoms with van der Waals surface area (Å²) >= 11 is 0. The monoisotopic (exact) mass is 394 g/mol. The van der Waals surface area contributed by atoms with Crippen molar-refractivity contribution in [3.05, 3.63) is 72.6 Å². The van der Waals surface area contributed by atoms with Crippen molar-refractivity contribution in [1.82, 2.24) is 4.57 Å². The molecule has 7 heteroatoms. The van der Waals surface area contributed by atoms with Gasteiger partial charge in [-0.2, -0.15) is 0 Å². The lowest BCUT2D eigenvalue weighted by Gasteiger charge is -2.15. The van der Waals surface area contributed by atoms with Crippen molar-refractivity contribution in [3.8, 4) is 17.2 Å². The van der Waals surface area contributed by atoms with E-state index in [1.807, 2.05) is 41.2 Å². The maximum absolute atomic E-state index is 12.4. The number of hydrogen-bond donors (Lipinski definition) is 1. The summed E-state index contributed by atoms with van der Waals surface area (Å²) in [7, 11) is 3.04. The number of ether oxygens (including phenoxy) is 3. The largest absolute Gasteiger partial charge is 0.493 e. The molecular formula is C22H22N2O5. The van der Waals surface area contributed by atoms with Gasteiger partial charge < -0.3 is 24.1 Å². The topological polar surface area (TPSA) is 78.8 Å². The smallest absolute Gasteiger partial charge is 0.338 e. The lowest BCUT2D eigenvalue weighted by Crippen LogP contribution is -2.30. The van der Waals surface area contributed by atoms with Crippen LogP contribution in [0.4, 0.5) is 5.69 Å². The van der Waals surface area contributed by atoms with Gasteiger partial charge in [-0.3, -0.25) is 4.79 Å². The quantitative estimate of drug-likeness (QED) is 0.619. The molecule has 0 radical (unpaired) electrons. The summed E-state index contributed by atoms with van der Waals surface area (Å²) in [5, 5.41) is 2.70. The van der Waals surface area contributed by atoms with E-state index in [9.17, 15) is 9.59 Å². The number of anilines is 1. The van der Waals surface area contributed by atoms with Crippen LogP contribution < -0.4 is 14.8 Å². The van der Waals surface area contributed by atoms with Gasteiger partial charge in [0.15, 0.2) is 17.6 Å². The minimum absolute atomic E-state index is 0.367. The van der Waals surface area contributed by atoms with E-state index < -0.39 is 18.0 Å². The van der Waals surface area contributed by atoms with Crippen molar-refractivity contribution in [2.24, 2.45) is 0 Å². The van der Waals surface area contributed by atoms with Crippen LogP contribution in [0.5, 0.6) is 11.5 Å². The van der Waals surface area contributed by atoms with Crippen LogP contribution in [0.1, 0.15) is 17.3 Å². The third-order valence-electron chi connectivity index (χ3n) is 4.31. The van der Waals surface area contributed by atoms with Gasteiger partial charge in [-0.15, -0.1) is 0 Å². The molecule has 2 aromatic carbocycles. The molecule has 1 unspecified atom stereocenters. The molecule has 0 aliphatic rings. The number of nitrogens with one attached hydrogen (secondary N) is 1. The van der Waals surface area contributed by atoms with Crippen LogP contribution >= 0.6 is 0 Å². The van der Waals surface area contributed by atoms with E-state index >= 15 is 0 Å². The van der Waals surface area contributed by atoms with Gasteiger partial charge in [0.1, 0.15) is 0 Å². The predicted octanol–water partition coefficient (Wildman–Crippen LogP) is 3.68. The number of rotatable bonds is 7. The summed E-state index contributed by atoms with van der Waals surface area (Å²) in [4.78, 5) is 24.7. The average Bonchev–Trinajstić information content (AvgIpc) is 3.28. The summed E-state index contributed by atoms with van der Waals surface area (Å²) in [5.74, 6) is 0.0135. The third-order valence-corrected chi connectivity index (χ3v) is 4.31. The summed E-state index contributed by atoms with van der Waals surface area (Å²) in [6.45, 7) is 1.52. The lowest BCUT2D eigenvalue weighted by atomic mass is 10.2. The Morgan fingerprint density at radius 3 is 2.21 bits per heavy atom. The number of carbonyl (C=O) groups is 2. The van der Waals surface area contributed by atoms with Crippen LogP contribution in [-0.2, 0) is 9.53 Å². The van der Waals surface area contributed by atoms with Crippen molar-refractivity contribution in [1.29, 1.82) is 0 Å². The zero-order valence-corrected chi connectivity index (χ0v) is 16.4. The first kappa shape index (κ1) is 20.0. The Balaban J connectivity index is 1.61. The number of esters is 1. The molecule has 0 aliphatic carbocycles. The Hall–Kier alpha value is -3.74. The van der Waals surface area contributed by atoms with E-state index in [1.54, 1.807) is 30.3 Å². The highest BCUT2D eigenvalue weighted by atomic mass is 16.5. The van der Waals surface area contributed by atoms with Crippen LogP contribution in [-0.4, -0.2) is 36.8 Å². The molecule has 0 spiro atoms. The van der Waals surface area contributed by atoms with Crippen LogP contribution in [0.2, 0.25) is 0 Å². The maximum Gasteiger partial charge on any atom is 0.338 e. The Morgan fingerprint density at radius 1 is 0.931 bits per heavy atom. The molecule has 0 bridgehead atoms. The van der Waals surface area contributed by atoms with Gasteiger partial charge in [0.2, 0.25) is 0 Å². The van der Waals surface area contributed by atoms with Crippen molar-refractivity contribution >= 4 is 17.6 Å². The number of aromatic nitrogens is 1. The fraction of sp³-hybridized carbons (Fsp3) is 0.182. The molecule has 1 atom stereocenters. The second-order valence-electron chi connectivity index (χ2n) is 6.24. The molecule has 0 saturated heterocycles. The second kappa shape index (κ2) is 8.97. The summed E-state index contributed by atoms with van der Waals surface area (Å²) in [6.07, 6.45) is 2.85. The minimum atomic E-state index is -0.972. The van der Waals surface area contributed by atoms with E-state index in [2.05, 4.69) is 5.32 Å². The van der Waals surface area contributed by atoms with E-state index in [4.69, 9.17) is 14.2 Å². The molecule has 150 valence electrons. The minimum Gasteiger partial charge on any atom is -0.493 e. The van der Waals surface area contributed by atoms with E-state index in [0.717, 1.165) is 5.69 Å². The zero-order chi connectivity index (χ0) is 20.8. The van der Waals surface area contributed by atoms with E-state index in [0.29, 0.717) is 22.7 Å². The standard InChI is InChI=1S/C22H22N2O5/c1-15(21(25)23-17-8-11-19(27-2)20(14-17)28-3)29-22(26)16-6-9-18(10-7-16)24-12-4-5-13-24/h4-15H,1-3H3,(H,23,25). The van der Waals surface area contributed by atoms with Crippen LogP contribution in [0, 0.1) is 0 Å². The van der Waals surface area contributed by atoms with Crippen LogP contribution in [0.3, 0.4) is 0 Å². The lowest BCUT2D eigenvalue weighted by molar-refractivity contribution is -0.123. The Kier molecular flexibility index (Phi) is 6.19. The van der Waals surface area contributed by atoms with Crippen molar-refractivity contribution in [2.45, 2.75) is 13.0 Å². The van der Waals surface area contributed by atoms with Gasteiger partial charge in [-0.05, 0) is 55.5 Å². The highest BCUT2D eigenvalue weighted by molar-refractivity contribution is 5.97. The van der Waals surface area contributed by atoms with Crippen LogP contribution in [0.25, 0.3) is 5.69 Å². The van der Waals surface area contributed by atoms with Crippen molar-refractivity contribution in [2.75, 3.05) is 19.5 Å². The number of carbonyl (C=O) groups excluding carboxylic acids is 2. The van der Waals surface area contributed by atoms with E-state index in [1.165, 1.54) is 21.1 Å². The number of methoxy groups -OCH3 is 2. The van der Waals surface area contributed by atoms with Gasteiger partial charge in [-0.1, -0.05) is 0 Å². The summed E-state index contributed by atoms with van der Waals surface area (Å²) in [5.41, 5.74) is 1.80. The first-order valence-electron chi connectivity index (χ1n) is 8.99. The van der Waals surface area contributed by atoms with Gasteiger partial charge in [0.05, 0.1) is 19.8 Å². The van der Waals surface area contributed by atoms with Crippen molar-refractivity contribution in [3.63, 3.8) is 0 Å². The summed E-state index contributed by atoms with van der Waals surface area (Å²) < 4.78 is 17.6. The van der Waals surface area contributed by atoms with Gasteiger partial charge in [-0.25, -0.2) is 4.79 Å². The van der Waals surface area contributed by atoms with Crippen LogP contribution in [0.15, 0.2) is 67.0 Å². The molecule has 0 saturated carbocycles. The number of hydrogen-bond acceptors (Lipinski definition) is 5. The van der Waals surface area contributed by atoms with Gasteiger partial charge >= 0.3 is 5.97 Å². The first-order valence-corrected chi connectivity index (χ1v) is 8.99. The molecule has 0 aliphatic heterocycles. The molecule has 3 aromatic rings. The Bertz CT molecular complexity index is 981. The zero-order valence-electron chi connectivity index (χ0n) is 16.4. The second-order valence-corrected chi connectivity index (χ2v) is 6.24. The third kappa shape index (κ3) is 4.76. The van der Waals surface area contributed by atoms with Crippen molar-refractivity contribution < 1.29 is 23.8 Å². The fourth-order valence-electron chi connectivity index (χ4n) is 2.72.